The highest BCUT2D eigenvalue weighted by Crippen LogP contribution is 2.04. The Labute approximate surface area is 77.1 Å². The third kappa shape index (κ3) is 4.07. The van der Waals surface area contributed by atoms with Crippen LogP contribution in [-0.4, -0.2) is 30.1 Å². The molecule has 0 aromatic heterocycles. The molecule has 0 rings (SSSR count). The Balaban J connectivity index is 3.79. The summed E-state index contributed by atoms with van der Waals surface area (Å²) in [6.07, 6.45) is 2.55. The lowest BCUT2D eigenvalue weighted by Gasteiger charge is -2.30. The molecule has 2 N–H and O–H groups in total. The van der Waals surface area contributed by atoms with E-state index in [4.69, 9.17) is 5.73 Å². The van der Waals surface area contributed by atoms with E-state index in [9.17, 15) is 0 Å². The van der Waals surface area contributed by atoms with Crippen LogP contribution in [0.25, 0.3) is 0 Å². The molecule has 0 aromatic carbocycles. The molecule has 0 spiro atoms. The lowest BCUT2D eigenvalue weighted by molar-refractivity contribution is 0.196. The van der Waals surface area contributed by atoms with Crippen molar-refractivity contribution in [3.63, 3.8) is 0 Å². The third-order valence-corrected chi connectivity index (χ3v) is 2.54. The molecule has 0 bridgehead atoms. The molecule has 0 aliphatic rings. The van der Waals surface area contributed by atoms with Crippen molar-refractivity contribution in [2.75, 3.05) is 13.1 Å². The van der Waals surface area contributed by atoms with Crippen LogP contribution < -0.4 is 5.73 Å². The second kappa shape index (κ2) is 6.44. The molecule has 74 valence electrons. The van der Waals surface area contributed by atoms with Gasteiger partial charge in [-0.1, -0.05) is 20.3 Å². The van der Waals surface area contributed by atoms with E-state index in [1.165, 1.54) is 19.4 Å². The zero-order valence-corrected chi connectivity index (χ0v) is 9.01. The fraction of sp³-hybridized carbons (Fsp3) is 1.00. The quantitative estimate of drug-likeness (QED) is 0.662. The van der Waals surface area contributed by atoms with Crippen molar-refractivity contribution in [2.45, 2.75) is 52.6 Å². The topological polar surface area (TPSA) is 29.3 Å². The average Bonchev–Trinajstić information content (AvgIpc) is 2.05. The normalized spacial score (nSPS) is 16.5. The Hall–Kier alpha value is -0.0800. The van der Waals surface area contributed by atoms with Gasteiger partial charge < -0.3 is 5.73 Å². The number of hydrogen-bond acceptors (Lipinski definition) is 2. The number of nitrogens with two attached hydrogens (primary N) is 1. The largest absolute Gasteiger partial charge is 0.327 e. The summed E-state index contributed by atoms with van der Waals surface area (Å²) in [7, 11) is 0. The van der Waals surface area contributed by atoms with Gasteiger partial charge in [-0.3, -0.25) is 4.90 Å². The third-order valence-electron chi connectivity index (χ3n) is 2.54. The van der Waals surface area contributed by atoms with Crippen molar-refractivity contribution in [1.29, 1.82) is 0 Å². The van der Waals surface area contributed by atoms with E-state index in [0.717, 1.165) is 6.54 Å². The Morgan fingerprint density at radius 2 is 1.83 bits per heavy atom. The Bertz CT molecular complexity index is 102. The zero-order valence-electron chi connectivity index (χ0n) is 9.01. The molecular weight excluding hydrogens is 148 g/mol. The average molecular weight is 172 g/mol. The second-order valence-electron chi connectivity index (χ2n) is 3.58. The van der Waals surface area contributed by atoms with E-state index in [1.54, 1.807) is 0 Å². The van der Waals surface area contributed by atoms with Crippen molar-refractivity contribution >= 4 is 0 Å². The van der Waals surface area contributed by atoms with Gasteiger partial charge in [0.1, 0.15) is 0 Å². The summed E-state index contributed by atoms with van der Waals surface area (Å²) in [6.45, 7) is 11.0. The fourth-order valence-electron chi connectivity index (χ4n) is 1.34. The number of unbranched alkanes of at least 4 members (excludes halogenated alkanes) is 1. The van der Waals surface area contributed by atoms with Crippen LogP contribution in [0.4, 0.5) is 0 Å². The van der Waals surface area contributed by atoms with E-state index >= 15 is 0 Å². The molecule has 0 saturated carbocycles. The van der Waals surface area contributed by atoms with Crippen molar-refractivity contribution in [1.82, 2.24) is 4.90 Å². The summed E-state index contributed by atoms with van der Waals surface area (Å²) in [6, 6.07) is 0.795. The van der Waals surface area contributed by atoms with Gasteiger partial charge in [0.05, 0.1) is 0 Å². The van der Waals surface area contributed by atoms with Crippen LogP contribution in [0.2, 0.25) is 0 Å². The predicted molar refractivity (Wildman–Crippen MR) is 55.3 cm³/mol. The molecule has 0 saturated heterocycles. The van der Waals surface area contributed by atoms with E-state index in [0.29, 0.717) is 6.04 Å². The first-order chi connectivity index (χ1) is 5.63. The summed E-state index contributed by atoms with van der Waals surface area (Å²) >= 11 is 0. The molecule has 0 radical (unpaired) electrons. The number of hydrogen-bond donors (Lipinski definition) is 1. The van der Waals surface area contributed by atoms with E-state index in [2.05, 4.69) is 32.6 Å². The second-order valence-corrected chi connectivity index (χ2v) is 3.58. The van der Waals surface area contributed by atoms with Crippen LogP contribution in [-0.2, 0) is 0 Å². The smallest absolute Gasteiger partial charge is 0.0216 e. The van der Waals surface area contributed by atoms with Gasteiger partial charge in [-0.05, 0) is 33.4 Å². The highest BCUT2D eigenvalue weighted by atomic mass is 15.2. The van der Waals surface area contributed by atoms with Crippen LogP contribution in [0.5, 0.6) is 0 Å². The number of nitrogens with zero attached hydrogens (tertiary/aromatic N) is 1. The molecule has 2 unspecified atom stereocenters. The predicted octanol–water partition coefficient (Wildman–Crippen LogP) is 1.84. The number of likely N-dealkylation sites (N-methyl/N-ethyl adjacent to an activating group) is 1. The molecule has 0 heterocycles. The molecule has 12 heavy (non-hydrogen) atoms. The highest BCUT2D eigenvalue weighted by molar-refractivity contribution is 4.73. The van der Waals surface area contributed by atoms with Crippen molar-refractivity contribution in [2.24, 2.45) is 5.73 Å². The van der Waals surface area contributed by atoms with Gasteiger partial charge in [0, 0.05) is 12.1 Å². The Morgan fingerprint density at radius 3 is 2.17 bits per heavy atom. The maximum Gasteiger partial charge on any atom is 0.0216 e. The lowest BCUT2D eigenvalue weighted by atomic mass is 10.1. The molecule has 2 atom stereocenters. The number of rotatable bonds is 6. The SMILES string of the molecule is CCCCN(CC)C(C)C(C)N. The molecule has 0 aromatic rings. The highest BCUT2D eigenvalue weighted by Gasteiger charge is 2.14. The molecule has 0 aliphatic carbocycles. The first-order valence-electron chi connectivity index (χ1n) is 5.13. The van der Waals surface area contributed by atoms with Crippen LogP contribution >= 0.6 is 0 Å². The van der Waals surface area contributed by atoms with Gasteiger partial charge in [0.15, 0.2) is 0 Å². The van der Waals surface area contributed by atoms with E-state index in [1.807, 2.05) is 0 Å². The summed E-state index contributed by atoms with van der Waals surface area (Å²) < 4.78 is 0. The minimum Gasteiger partial charge on any atom is -0.327 e. The summed E-state index contributed by atoms with van der Waals surface area (Å²) in [4.78, 5) is 2.45. The van der Waals surface area contributed by atoms with Crippen LogP contribution in [0.3, 0.4) is 0 Å². The van der Waals surface area contributed by atoms with Crippen molar-refractivity contribution < 1.29 is 0 Å². The first kappa shape index (κ1) is 11.9. The maximum atomic E-state index is 5.84. The molecule has 2 heteroatoms. The van der Waals surface area contributed by atoms with Crippen molar-refractivity contribution in [3.8, 4) is 0 Å². The van der Waals surface area contributed by atoms with Gasteiger partial charge in [0.25, 0.3) is 0 Å². The van der Waals surface area contributed by atoms with E-state index in [-0.39, 0.29) is 6.04 Å². The first-order valence-corrected chi connectivity index (χ1v) is 5.13. The van der Waals surface area contributed by atoms with Gasteiger partial charge in [0.2, 0.25) is 0 Å². The van der Waals surface area contributed by atoms with Crippen LogP contribution in [0.1, 0.15) is 40.5 Å². The van der Waals surface area contributed by atoms with E-state index < -0.39 is 0 Å². The zero-order chi connectivity index (χ0) is 9.56. The molecule has 0 fully saturated rings. The maximum absolute atomic E-state index is 5.84. The summed E-state index contributed by atoms with van der Waals surface area (Å²) in [5, 5.41) is 0. The van der Waals surface area contributed by atoms with Gasteiger partial charge in [-0.2, -0.15) is 0 Å². The molecule has 0 aliphatic heterocycles. The Kier molecular flexibility index (Phi) is 6.39. The molecular formula is C10H24N2. The standard InChI is InChI=1S/C10H24N2/c1-5-7-8-12(6-2)10(4)9(3)11/h9-10H,5-8,11H2,1-4H3. The summed E-state index contributed by atoms with van der Waals surface area (Å²) in [5.74, 6) is 0. The minimum absolute atomic E-state index is 0.279. The monoisotopic (exact) mass is 172 g/mol. The summed E-state index contributed by atoms with van der Waals surface area (Å²) in [5.41, 5.74) is 5.84. The lowest BCUT2D eigenvalue weighted by Crippen LogP contribution is -2.44. The minimum atomic E-state index is 0.279. The van der Waals surface area contributed by atoms with Crippen molar-refractivity contribution in [3.05, 3.63) is 0 Å². The molecule has 0 amide bonds. The van der Waals surface area contributed by atoms with Gasteiger partial charge >= 0.3 is 0 Å². The van der Waals surface area contributed by atoms with Crippen LogP contribution in [0.15, 0.2) is 0 Å². The Morgan fingerprint density at radius 1 is 1.25 bits per heavy atom. The van der Waals surface area contributed by atoms with Crippen LogP contribution in [0, 0.1) is 0 Å². The van der Waals surface area contributed by atoms with Gasteiger partial charge in [-0.15, -0.1) is 0 Å². The molecule has 2 nitrogen and oxygen atoms in total. The fourth-order valence-corrected chi connectivity index (χ4v) is 1.34. The van der Waals surface area contributed by atoms with Gasteiger partial charge in [-0.25, -0.2) is 0 Å².